The third kappa shape index (κ3) is 9.84. The number of hydrogen-bond donors (Lipinski definition) is 11. The Hall–Kier alpha value is -2.20. The molecule has 21 nitrogen and oxygen atoms in total. The van der Waals surface area contributed by atoms with Crippen LogP contribution >= 0.6 is 15.6 Å². The van der Waals surface area contributed by atoms with Crippen LogP contribution in [0.2, 0.25) is 0 Å². The Bertz CT molecular complexity index is 1100. The Labute approximate surface area is 210 Å². The van der Waals surface area contributed by atoms with Gasteiger partial charge in [-0.1, -0.05) is 0 Å². The molecule has 0 radical (unpaired) electrons. The average Bonchev–Trinajstić information content (AvgIpc) is 3.07. The van der Waals surface area contributed by atoms with Crippen molar-refractivity contribution in [3.05, 3.63) is 22.7 Å². The van der Waals surface area contributed by atoms with Crippen molar-refractivity contribution in [1.82, 2.24) is 9.55 Å². The molecule has 2 heterocycles. The summed E-state index contributed by atoms with van der Waals surface area (Å²) in [5.41, 5.74) is -0.820. The lowest BCUT2D eigenvalue weighted by molar-refractivity contribution is -0.162. The summed E-state index contributed by atoms with van der Waals surface area (Å²) >= 11 is 0. The highest BCUT2D eigenvalue weighted by atomic mass is 31.2. The molecule has 1 aromatic heterocycles. The van der Waals surface area contributed by atoms with E-state index in [1.54, 1.807) is 0 Å². The standard InChI is InChI=1S/C9H12N2O6.C6H12O13P2/c12-3-4-6(14)7(15)8(17-4)11-2-1-5(13)10-9(11)16;7-1-2(18-20(12,13)14)5(19-21(15,16)17)3(8)4(9)6(10)11/h1-2,4,6-8,12,14-15H,3H2,(H,10,13,16);1-5,8-9H,(H,10,11)(H2,12,13,14)(H2,15,16,17)/t4-,6-,7-,8-;2-,3+,4-,5+/m10/s1. The molecule has 0 bridgehead atoms. The first-order valence-corrected chi connectivity index (χ1v) is 12.8. The minimum absolute atomic E-state index is 0.406. The topological polar surface area (TPSA) is 353 Å². The molecule has 0 unspecified atom stereocenters. The third-order valence-corrected chi connectivity index (χ3v) is 5.53. The van der Waals surface area contributed by atoms with Crippen LogP contribution in [0.25, 0.3) is 0 Å². The van der Waals surface area contributed by atoms with Gasteiger partial charge in [0.1, 0.15) is 30.5 Å². The second-order valence-corrected chi connectivity index (χ2v) is 9.62. The number of carbonyl (C=O) groups is 2. The SMILES string of the molecule is O=C[C@H](OP(=O)(O)O)[C@@H](OP(=O)(O)O)[C@H](O)[C@H](O)C(=O)O.O=c1nc(O)ccn1[C@@H]1O[C@H](CO)[C@@H](O)[C@H]1O. The van der Waals surface area contributed by atoms with E-state index >= 15 is 0 Å². The van der Waals surface area contributed by atoms with Crippen LogP contribution in [-0.4, -0.2) is 126 Å². The van der Waals surface area contributed by atoms with E-state index < -0.39 is 95.0 Å². The number of carboxylic acids is 1. The van der Waals surface area contributed by atoms with Gasteiger partial charge in [-0.05, 0) is 0 Å². The monoisotopic (exact) mass is 598 g/mol. The molecule has 23 heteroatoms. The summed E-state index contributed by atoms with van der Waals surface area (Å²) in [6.07, 6.45) is -14.3. The number of ether oxygens (including phenoxy) is 1. The lowest BCUT2D eigenvalue weighted by Crippen LogP contribution is -2.49. The normalized spacial score (nSPS) is 25.0. The fraction of sp³-hybridized carbons (Fsp3) is 0.600. The van der Waals surface area contributed by atoms with Crippen molar-refractivity contribution in [1.29, 1.82) is 0 Å². The Balaban J connectivity index is 0.000000386. The molecule has 0 aromatic carbocycles. The maximum Gasteiger partial charge on any atom is 0.470 e. The molecule has 1 aromatic rings. The summed E-state index contributed by atoms with van der Waals surface area (Å²) in [5, 5.41) is 64.0. The largest absolute Gasteiger partial charge is 0.493 e. The molecule has 8 atom stereocenters. The van der Waals surface area contributed by atoms with Gasteiger partial charge in [0.25, 0.3) is 0 Å². The molecule has 0 amide bonds. The molecule has 1 saturated heterocycles. The Morgan fingerprint density at radius 2 is 1.68 bits per heavy atom. The van der Waals surface area contributed by atoms with Gasteiger partial charge >= 0.3 is 27.3 Å². The van der Waals surface area contributed by atoms with Crippen LogP contribution in [0.1, 0.15) is 6.23 Å². The molecule has 0 aliphatic carbocycles. The van der Waals surface area contributed by atoms with Gasteiger partial charge in [0.15, 0.2) is 24.7 Å². The van der Waals surface area contributed by atoms with Crippen molar-refractivity contribution in [2.75, 3.05) is 6.61 Å². The molecule has 11 N–H and O–H groups in total. The van der Waals surface area contributed by atoms with Crippen LogP contribution in [0.3, 0.4) is 0 Å². The zero-order valence-corrected chi connectivity index (χ0v) is 20.3. The second-order valence-electron chi connectivity index (χ2n) is 7.24. The fourth-order valence-corrected chi connectivity index (χ4v) is 3.88. The van der Waals surface area contributed by atoms with Gasteiger partial charge in [0.2, 0.25) is 5.88 Å². The van der Waals surface area contributed by atoms with Gasteiger partial charge in [-0.2, -0.15) is 4.98 Å². The first kappa shape index (κ1) is 33.8. The number of phosphoric ester groups is 2. The first-order chi connectivity index (χ1) is 17.3. The number of aldehydes is 1. The number of aromatic hydroxyl groups is 1. The van der Waals surface area contributed by atoms with Gasteiger partial charge in [-0.15, -0.1) is 0 Å². The van der Waals surface area contributed by atoms with Gasteiger partial charge in [-0.25, -0.2) is 18.7 Å². The van der Waals surface area contributed by atoms with E-state index in [2.05, 4.69) is 14.0 Å². The molecule has 1 aliphatic heterocycles. The number of rotatable bonds is 11. The highest BCUT2D eigenvalue weighted by Crippen LogP contribution is 2.43. The first-order valence-electron chi connectivity index (χ1n) is 9.75. The smallest absolute Gasteiger partial charge is 0.470 e. The van der Waals surface area contributed by atoms with Crippen LogP contribution in [0.15, 0.2) is 17.1 Å². The number of nitrogens with zero attached hydrogens (tertiary/aromatic N) is 2. The quantitative estimate of drug-likeness (QED) is 0.0835. The summed E-state index contributed by atoms with van der Waals surface area (Å²) in [5.74, 6) is -2.50. The Morgan fingerprint density at radius 3 is 2.08 bits per heavy atom. The predicted molar refractivity (Wildman–Crippen MR) is 113 cm³/mol. The van der Waals surface area contributed by atoms with E-state index in [9.17, 15) is 38.8 Å². The maximum absolute atomic E-state index is 11.4. The number of hydrogen-bond acceptors (Lipinski definition) is 15. The average molecular weight is 598 g/mol. The van der Waals surface area contributed by atoms with E-state index in [0.717, 1.165) is 10.6 Å². The minimum Gasteiger partial charge on any atom is -0.493 e. The molecule has 218 valence electrons. The molecule has 0 saturated carbocycles. The Morgan fingerprint density at radius 1 is 1.13 bits per heavy atom. The molecule has 38 heavy (non-hydrogen) atoms. The predicted octanol–water partition coefficient (Wildman–Crippen LogP) is -5.49. The van der Waals surface area contributed by atoms with Crippen molar-refractivity contribution >= 4 is 27.9 Å². The van der Waals surface area contributed by atoms with Gasteiger partial charge in [-0.3, -0.25) is 13.6 Å². The van der Waals surface area contributed by atoms with Gasteiger partial charge in [0.05, 0.1) is 6.61 Å². The minimum atomic E-state index is -5.43. The molecular weight excluding hydrogens is 574 g/mol. The number of aliphatic hydroxyl groups excluding tert-OH is 5. The van der Waals surface area contributed by atoms with E-state index in [1.165, 1.54) is 6.20 Å². The molecule has 1 fully saturated rings. The van der Waals surface area contributed by atoms with Crippen LogP contribution in [-0.2, 0) is 32.5 Å². The van der Waals surface area contributed by atoms with Crippen molar-refractivity contribution in [3.8, 4) is 5.88 Å². The second kappa shape index (κ2) is 13.7. The van der Waals surface area contributed by atoms with Gasteiger partial charge in [0, 0.05) is 12.3 Å². The van der Waals surface area contributed by atoms with E-state index in [4.69, 9.17) is 44.7 Å². The number of aliphatic carboxylic acids is 1. The van der Waals surface area contributed by atoms with E-state index in [1.807, 2.05) is 0 Å². The highest BCUT2D eigenvalue weighted by Gasteiger charge is 2.44. The zero-order valence-electron chi connectivity index (χ0n) is 18.5. The lowest BCUT2D eigenvalue weighted by atomic mass is 10.0. The molecule has 0 spiro atoms. The third-order valence-electron chi connectivity index (χ3n) is 4.50. The number of aromatic nitrogens is 2. The highest BCUT2D eigenvalue weighted by molar-refractivity contribution is 7.46. The Kier molecular flexibility index (Phi) is 12.2. The van der Waals surface area contributed by atoms with Crippen molar-refractivity contribution in [2.24, 2.45) is 0 Å². The molecule has 2 rings (SSSR count). The zero-order chi connectivity index (χ0) is 29.6. The molecule has 1 aliphatic rings. The van der Waals surface area contributed by atoms with Crippen LogP contribution < -0.4 is 5.69 Å². The van der Waals surface area contributed by atoms with Crippen LogP contribution in [0, 0.1) is 0 Å². The van der Waals surface area contributed by atoms with E-state index in [0.29, 0.717) is 0 Å². The summed E-state index contributed by atoms with van der Waals surface area (Å²) < 4.78 is 35.0. The van der Waals surface area contributed by atoms with Crippen LogP contribution in [0.5, 0.6) is 5.88 Å². The van der Waals surface area contributed by atoms with Crippen molar-refractivity contribution in [2.45, 2.75) is 49.0 Å². The van der Waals surface area contributed by atoms with Crippen LogP contribution in [0.4, 0.5) is 0 Å². The lowest BCUT2D eigenvalue weighted by Gasteiger charge is -2.28. The summed E-state index contributed by atoms with van der Waals surface area (Å²) in [6, 6.07) is 1.15. The van der Waals surface area contributed by atoms with Gasteiger partial charge < -0.3 is 64.9 Å². The molecular formula is C15H24N2O19P2. The number of carboxylic acid groups (broad SMARTS) is 1. The van der Waals surface area contributed by atoms with E-state index in [-0.39, 0.29) is 0 Å². The summed E-state index contributed by atoms with van der Waals surface area (Å²) in [6.45, 7) is -0.477. The number of aliphatic hydroxyl groups is 5. The summed E-state index contributed by atoms with van der Waals surface area (Å²) in [7, 11) is -10.8. The van der Waals surface area contributed by atoms with Crippen molar-refractivity contribution < 1.29 is 87.8 Å². The maximum atomic E-state index is 11.4. The number of carbonyl (C=O) groups excluding carboxylic acids is 1. The summed E-state index contributed by atoms with van der Waals surface area (Å²) in [4.78, 5) is 70.0. The number of phosphoric acid groups is 2. The van der Waals surface area contributed by atoms with Crippen molar-refractivity contribution in [3.63, 3.8) is 0 Å². The fourth-order valence-electron chi connectivity index (χ4n) is 2.83.